The van der Waals surface area contributed by atoms with Crippen LogP contribution < -0.4 is 5.32 Å². The van der Waals surface area contributed by atoms with E-state index >= 15 is 0 Å². The molecule has 23 heavy (non-hydrogen) atoms. The largest absolute Gasteiger partial charge is 0.451 e. The number of hydrogen-bond acceptors (Lipinski definition) is 5. The first-order chi connectivity index (χ1) is 11.2. The van der Waals surface area contributed by atoms with E-state index in [-0.39, 0.29) is 18.6 Å². The molecule has 1 aliphatic heterocycles. The zero-order valence-corrected chi connectivity index (χ0v) is 14.1. The van der Waals surface area contributed by atoms with Gasteiger partial charge in [-0.1, -0.05) is 6.42 Å². The first-order valence-electron chi connectivity index (χ1n) is 8.39. The van der Waals surface area contributed by atoms with Gasteiger partial charge >= 0.3 is 5.97 Å². The fraction of sp³-hybridized carbons (Fsp3) is 0.647. The maximum Gasteiger partial charge on any atom is 0.348 e. The van der Waals surface area contributed by atoms with Gasteiger partial charge in [0.05, 0.1) is 6.10 Å². The molecule has 0 unspecified atom stereocenters. The van der Waals surface area contributed by atoms with Crippen molar-refractivity contribution in [2.45, 2.75) is 51.0 Å². The number of nitrogens with one attached hydrogen (secondary N) is 1. The number of ether oxygens (including phenoxy) is 2. The molecule has 1 aromatic heterocycles. The van der Waals surface area contributed by atoms with Crippen LogP contribution in [0.1, 0.15) is 52.2 Å². The summed E-state index contributed by atoms with van der Waals surface area (Å²) in [6, 6.07) is 1.94. The van der Waals surface area contributed by atoms with Crippen LogP contribution in [0, 0.1) is 0 Å². The second-order valence-electron chi connectivity index (χ2n) is 6.13. The molecule has 0 radical (unpaired) electrons. The summed E-state index contributed by atoms with van der Waals surface area (Å²) in [5, 5.41) is 2.75. The molecule has 126 valence electrons. The average Bonchev–Trinajstić information content (AvgIpc) is 3.16. The number of amides is 1. The summed E-state index contributed by atoms with van der Waals surface area (Å²) in [6.45, 7) is 1.02. The monoisotopic (exact) mass is 337 g/mol. The Kier molecular flexibility index (Phi) is 5.67. The van der Waals surface area contributed by atoms with Gasteiger partial charge < -0.3 is 14.8 Å². The van der Waals surface area contributed by atoms with Crippen LogP contribution in [0.25, 0.3) is 0 Å². The molecule has 0 spiro atoms. The zero-order chi connectivity index (χ0) is 16.1. The van der Waals surface area contributed by atoms with E-state index in [2.05, 4.69) is 5.32 Å². The van der Waals surface area contributed by atoms with E-state index < -0.39 is 5.97 Å². The summed E-state index contributed by atoms with van der Waals surface area (Å²) < 4.78 is 10.6. The number of hydrogen-bond donors (Lipinski definition) is 1. The number of carbonyl (C=O) groups excluding carboxylic acids is 2. The lowest BCUT2D eigenvalue weighted by Crippen LogP contribution is -2.34. The molecule has 1 saturated heterocycles. The van der Waals surface area contributed by atoms with Gasteiger partial charge in [0, 0.05) is 18.0 Å². The molecule has 0 saturated carbocycles. The van der Waals surface area contributed by atoms with Crippen molar-refractivity contribution >= 4 is 23.2 Å². The maximum absolute atomic E-state index is 12.1. The topological polar surface area (TPSA) is 64.6 Å². The summed E-state index contributed by atoms with van der Waals surface area (Å²) in [6.07, 6.45) is 7.83. The predicted molar refractivity (Wildman–Crippen MR) is 87.8 cm³/mol. The van der Waals surface area contributed by atoms with Crippen molar-refractivity contribution in [1.82, 2.24) is 5.32 Å². The van der Waals surface area contributed by atoms with Crippen LogP contribution in [0.3, 0.4) is 0 Å². The molecule has 1 aliphatic carbocycles. The van der Waals surface area contributed by atoms with Gasteiger partial charge in [0.2, 0.25) is 0 Å². The van der Waals surface area contributed by atoms with Crippen LogP contribution in [0.15, 0.2) is 6.07 Å². The molecule has 2 heterocycles. The molecule has 1 atom stereocenters. The Hall–Kier alpha value is -1.40. The standard InChI is InChI=1S/C17H23NO4S/c19-16(18-10-13-6-4-8-21-13)11-22-17(20)15-9-12-5-2-1-3-7-14(12)23-15/h9,13H,1-8,10-11H2,(H,18,19)/t13-/m0/s1. The minimum Gasteiger partial charge on any atom is -0.451 e. The molecule has 0 bridgehead atoms. The van der Waals surface area contributed by atoms with Crippen LogP contribution >= 0.6 is 11.3 Å². The molecule has 2 aliphatic rings. The quantitative estimate of drug-likeness (QED) is 0.662. The van der Waals surface area contributed by atoms with E-state index in [1.807, 2.05) is 6.07 Å². The minimum atomic E-state index is -0.393. The fourth-order valence-electron chi connectivity index (χ4n) is 3.05. The minimum absolute atomic E-state index is 0.0996. The summed E-state index contributed by atoms with van der Waals surface area (Å²) >= 11 is 1.52. The van der Waals surface area contributed by atoms with Gasteiger partial charge in [-0.25, -0.2) is 4.79 Å². The van der Waals surface area contributed by atoms with Gasteiger partial charge in [-0.15, -0.1) is 11.3 Å². The molecule has 1 aromatic rings. The first kappa shape index (κ1) is 16.5. The maximum atomic E-state index is 12.1. The van der Waals surface area contributed by atoms with Gasteiger partial charge in [-0.05, 0) is 50.2 Å². The van der Waals surface area contributed by atoms with Gasteiger partial charge in [0.1, 0.15) is 4.88 Å². The highest BCUT2D eigenvalue weighted by molar-refractivity contribution is 7.14. The van der Waals surface area contributed by atoms with E-state index in [1.54, 1.807) is 0 Å². The Morgan fingerprint density at radius 1 is 1.26 bits per heavy atom. The SMILES string of the molecule is O=C(COC(=O)c1cc2c(s1)CCCCC2)NC[C@@H]1CCCO1. The highest BCUT2D eigenvalue weighted by atomic mass is 32.1. The summed E-state index contributed by atoms with van der Waals surface area (Å²) in [7, 11) is 0. The van der Waals surface area contributed by atoms with E-state index in [0.29, 0.717) is 11.4 Å². The fourth-order valence-corrected chi connectivity index (χ4v) is 4.20. The Bertz CT molecular complexity index is 539. The third-order valence-corrected chi connectivity index (χ3v) is 5.55. The molecule has 0 aromatic carbocycles. The van der Waals surface area contributed by atoms with Crippen LogP contribution in [0.5, 0.6) is 0 Å². The van der Waals surface area contributed by atoms with Crippen molar-refractivity contribution in [3.05, 3.63) is 21.4 Å². The molecular formula is C17H23NO4S. The number of aryl methyl sites for hydroxylation is 2. The summed E-state index contributed by atoms with van der Waals surface area (Å²) in [5.41, 5.74) is 1.28. The molecule has 1 amide bonds. The first-order valence-corrected chi connectivity index (χ1v) is 9.21. The van der Waals surface area contributed by atoms with Crippen LogP contribution in [0.4, 0.5) is 0 Å². The van der Waals surface area contributed by atoms with Crippen molar-refractivity contribution in [2.75, 3.05) is 19.8 Å². The van der Waals surface area contributed by atoms with Crippen molar-refractivity contribution in [3.8, 4) is 0 Å². The predicted octanol–water partition coefficient (Wildman–Crippen LogP) is 2.47. The van der Waals surface area contributed by atoms with Crippen molar-refractivity contribution in [2.24, 2.45) is 0 Å². The third kappa shape index (κ3) is 4.54. The van der Waals surface area contributed by atoms with Crippen molar-refractivity contribution in [3.63, 3.8) is 0 Å². The van der Waals surface area contributed by atoms with Gasteiger partial charge in [-0.3, -0.25) is 4.79 Å². The number of carbonyl (C=O) groups is 2. The third-order valence-electron chi connectivity index (χ3n) is 4.33. The molecule has 5 nitrogen and oxygen atoms in total. The van der Waals surface area contributed by atoms with E-state index in [1.165, 1.54) is 41.0 Å². The number of esters is 1. The second-order valence-corrected chi connectivity index (χ2v) is 7.27. The highest BCUT2D eigenvalue weighted by Crippen LogP contribution is 2.29. The molecular weight excluding hydrogens is 314 g/mol. The van der Waals surface area contributed by atoms with Crippen molar-refractivity contribution in [1.29, 1.82) is 0 Å². The van der Waals surface area contributed by atoms with E-state index in [9.17, 15) is 9.59 Å². The van der Waals surface area contributed by atoms with E-state index in [4.69, 9.17) is 9.47 Å². The zero-order valence-electron chi connectivity index (χ0n) is 13.3. The Morgan fingerprint density at radius 3 is 2.96 bits per heavy atom. The number of fused-ring (bicyclic) bond motifs is 1. The lowest BCUT2D eigenvalue weighted by molar-refractivity contribution is -0.124. The lowest BCUT2D eigenvalue weighted by atomic mass is 10.1. The number of thiophene rings is 1. The smallest absolute Gasteiger partial charge is 0.348 e. The molecule has 6 heteroatoms. The van der Waals surface area contributed by atoms with Gasteiger partial charge in [0.15, 0.2) is 6.61 Å². The van der Waals surface area contributed by atoms with Gasteiger partial charge in [-0.2, -0.15) is 0 Å². The molecule has 1 fully saturated rings. The number of rotatable bonds is 5. The van der Waals surface area contributed by atoms with Crippen LogP contribution in [-0.4, -0.2) is 37.7 Å². The van der Waals surface area contributed by atoms with Crippen LogP contribution in [0.2, 0.25) is 0 Å². The van der Waals surface area contributed by atoms with E-state index in [0.717, 1.165) is 32.3 Å². The lowest BCUT2D eigenvalue weighted by Gasteiger charge is -2.10. The Morgan fingerprint density at radius 2 is 2.13 bits per heavy atom. The Labute approximate surface area is 140 Å². The van der Waals surface area contributed by atoms with Crippen LogP contribution in [-0.2, 0) is 27.1 Å². The summed E-state index contributed by atoms with van der Waals surface area (Å²) in [4.78, 5) is 25.7. The summed E-state index contributed by atoms with van der Waals surface area (Å²) in [5.74, 6) is -0.665. The normalized spacial score (nSPS) is 20.6. The molecule has 3 rings (SSSR count). The highest BCUT2D eigenvalue weighted by Gasteiger charge is 2.19. The van der Waals surface area contributed by atoms with Gasteiger partial charge in [0.25, 0.3) is 5.91 Å². The Balaban J connectivity index is 1.44. The molecule has 1 N–H and O–H groups in total. The van der Waals surface area contributed by atoms with Crippen molar-refractivity contribution < 1.29 is 19.1 Å². The average molecular weight is 337 g/mol. The second kappa shape index (κ2) is 7.93.